The van der Waals surface area contributed by atoms with Crippen LogP contribution >= 0.6 is 11.6 Å². The molecule has 1 aliphatic rings. The highest BCUT2D eigenvalue weighted by Gasteiger charge is 2.23. The summed E-state index contributed by atoms with van der Waals surface area (Å²) in [6, 6.07) is 21.9. The van der Waals surface area contributed by atoms with E-state index in [0.29, 0.717) is 51.7 Å². The second-order valence-electron chi connectivity index (χ2n) is 8.59. The molecule has 0 spiro atoms. The van der Waals surface area contributed by atoms with E-state index in [0.717, 1.165) is 23.9 Å². The minimum Gasteiger partial charge on any atom is -0.478 e. The minimum absolute atomic E-state index is 0.317. The van der Waals surface area contributed by atoms with Crippen molar-refractivity contribution in [2.45, 2.75) is 13.0 Å². The number of hydrogen-bond acceptors (Lipinski definition) is 6. The Morgan fingerprint density at radius 2 is 1.71 bits per heavy atom. The molecule has 0 fully saturated rings. The first-order valence-electron chi connectivity index (χ1n) is 11.3. The molecule has 0 saturated heterocycles. The fourth-order valence-electron chi connectivity index (χ4n) is 4.53. The maximum Gasteiger partial charge on any atom is 0.344 e. The summed E-state index contributed by atoms with van der Waals surface area (Å²) in [6.45, 7) is 1.75. The van der Waals surface area contributed by atoms with Gasteiger partial charge in [0.15, 0.2) is 0 Å². The molecular formula is C28H20ClNO5. The topological polar surface area (TPSA) is 72.9 Å². The van der Waals surface area contributed by atoms with Gasteiger partial charge in [0.2, 0.25) is 0 Å². The van der Waals surface area contributed by atoms with Crippen molar-refractivity contribution in [1.82, 2.24) is 4.90 Å². The summed E-state index contributed by atoms with van der Waals surface area (Å²) in [7, 11) is 0. The number of rotatable bonds is 4. The highest BCUT2D eigenvalue weighted by Crippen LogP contribution is 2.36. The van der Waals surface area contributed by atoms with Crippen LogP contribution in [0.2, 0.25) is 5.02 Å². The molecule has 1 aliphatic heterocycles. The highest BCUT2D eigenvalue weighted by atomic mass is 35.5. The Bertz CT molecular complexity index is 1690. The molecule has 0 saturated carbocycles. The molecule has 6 rings (SSSR count). The third-order valence-corrected chi connectivity index (χ3v) is 6.57. The van der Waals surface area contributed by atoms with Gasteiger partial charge in [0.1, 0.15) is 23.6 Å². The molecule has 0 aliphatic carbocycles. The molecule has 5 aromatic rings. The van der Waals surface area contributed by atoms with Gasteiger partial charge in [0, 0.05) is 40.5 Å². The summed E-state index contributed by atoms with van der Waals surface area (Å²) >= 11 is 5.99. The van der Waals surface area contributed by atoms with E-state index in [1.165, 1.54) is 11.6 Å². The Labute approximate surface area is 204 Å². The molecule has 0 bridgehead atoms. The number of hydrogen-bond donors (Lipinski definition) is 0. The molecule has 7 heteroatoms. The molecule has 0 atom stereocenters. The number of halogens is 1. The van der Waals surface area contributed by atoms with Gasteiger partial charge in [-0.05, 0) is 48.4 Å². The van der Waals surface area contributed by atoms with E-state index in [1.54, 1.807) is 12.1 Å². The lowest BCUT2D eigenvalue weighted by Gasteiger charge is -2.29. The highest BCUT2D eigenvalue weighted by molar-refractivity contribution is 6.30. The van der Waals surface area contributed by atoms with Gasteiger partial charge < -0.3 is 13.6 Å². The van der Waals surface area contributed by atoms with Gasteiger partial charge in [0.25, 0.3) is 0 Å². The molecule has 0 unspecified atom stereocenters. The summed E-state index contributed by atoms with van der Waals surface area (Å²) in [5.74, 6) is 0.672. The number of fused-ring (bicyclic) bond motifs is 4. The van der Waals surface area contributed by atoms with E-state index >= 15 is 0 Å². The second kappa shape index (κ2) is 8.73. The molecule has 6 nitrogen and oxygen atoms in total. The van der Waals surface area contributed by atoms with Gasteiger partial charge in [0.05, 0.1) is 11.1 Å². The van der Waals surface area contributed by atoms with Gasteiger partial charge in [-0.25, -0.2) is 9.59 Å². The predicted octanol–water partition coefficient (Wildman–Crippen LogP) is 5.61. The molecule has 0 N–H and O–H groups in total. The van der Waals surface area contributed by atoms with Gasteiger partial charge >= 0.3 is 11.3 Å². The van der Waals surface area contributed by atoms with Crippen molar-refractivity contribution in [3.8, 4) is 16.9 Å². The molecule has 0 amide bonds. The van der Waals surface area contributed by atoms with Crippen molar-refractivity contribution in [3.63, 3.8) is 0 Å². The maximum absolute atomic E-state index is 12.8. The lowest BCUT2D eigenvalue weighted by Crippen LogP contribution is -2.33. The monoisotopic (exact) mass is 485 g/mol. The minimum atomic E-state index is -0.535. The Kier molecular flexibility index (Phi) is 5.40. The second-order valence-corrected chi connectivity index (χ2v) is 9.02. The number of benzene rings is 3. The van der Waals surface area contributed by atoms with Crippen molar-refractivity contribution >= 4 is 33.5 Å². The van der Waals surface area contributed by atoms with E-state index in [2.05, 4.69) is 4.90 Å². The number of para-hydroxylation sites is 1. The standard InChI is InChI=1S/C28H20ClNO5/c29-19-7-5-17(6-8-19)11-12-30-15-23-25(33-16-30)10-9-20-21(14-26(31)35-27(20)23)22-13-18-3-1-2-4-24(18)34-28(22)32/h1-10,13-14H,11-12,15-16H2. The van der Waals surface area contributed by atoms with Crippen LogP contribution in [0.4, 0.5) is 0 Å². The smallest absolute Gasteiger partial charge is 0.344 e. The fraction of sp³-hybridized carbons (Fsp3) is 0.143. The molecular weight excluding hydrogens is 466 g/mol. The Hall–Kier alpha value is -3.87. The Balaban J connectivity index is 1.39. The van der Waals surface area contributed by atoms with E-state index in [9.17, 15) is 9.59 Å². The van der Waals surface area contributed by atoms with Crippen molar-refractivity contribution in [1.29, 1.82) is 0 Å². The predicted molar refractivity (Wildman–Crippen MR) is 135 cm³/mol. The Morgan fingerprint density at radius 3 is 2.57 bits per heavy atom. The van der Waals surface area contributed by atoms with Gasteiger partial charge in [-0.1, -0.05) is 41.9 Å². The zero-order valence-corrected chi connectivity index (χ0v) is 19.4. The fourth-order valence-corrected chi connectivity index (χ4v) is 4.66. The van der Waals surface area contributed by atoms with Crippen molar-refractivity contribution in [3.05, 3.63) is 110 Å². The van der Waals surface area contributed by atoms with Crippen LogP contribution in [0.5, 0.6) is 5.75 Å². The lowest BCUT2D eigenvalue weighted by molar-refractivity contribution is 0.0968. The zero-order chi connectivity index (χ0) is 23.9. The SMILES string of the molecule is O=c1cc(-c2cc3ccccc3oc2=O)c2ccc3c(c2o1)CN(CCc1ccc(Cl)cc1)CO3. The van der Waals surface area contributed by atoms with Crippen LogP contribution in [0, 0.1) is 0 Å². The summed E-state index contributed by atoms with van der Waals surface area (Å²) in [5, 5.41) is 2.15. The Morgan fingerprint density at radius 1 is 0.886 bits per heavy atom. The summed E-state index contributed by atoms with van der Waals surface area (Å²) in [5.41, 5.74) is 2.64. The third kappa shape index (κ3) is 4.11. The van der Waals surface area contributed by atoms with Crippen LogP contribution in [-0.2, 0) is 13.0 Å². The quantitative estimate of drug-likeness (QED) is 0.308. The van der Waals surface area contributed by atoms with E-state index in [4.69, 9.17) is 25.2 Å². The van der Waals surface area contributed by atoms with Crippen LogP contribution in [0.1, 0.15) is 11.1 Å². The van der Waals surface area contributed by atoms with Gasteiger partial charge in [-0.15, -0.1) is 0 Å². The van der Waals surface area contributed by atoms with E-state index in [-0.39, 0.29) is 0 Å². The average Bonchev–Trinajstić information content (AvgIpc) is 2.87. The lowest BCUT2D eigenvalue weighted by atomic mass is 9.99. The summed E-state index contributed by atoms with van der Waals surface area (Å²) in [6.07, 6.45) is 0.827. The zero-order valence-electron chi connectivity index (χ0n) is 18.6. The number of ether oxygens (including phenoxy) is 1. The van der Waals surface area contributed by atoms with Crippen LogP contribution < -0.4 is 16.0 Å². The van der Waals surface area contributed by atoms with E-state index in [1.807, 2.05) is 54.6 Å². The first kappa shape index (κ1) is 21.6. The van der Waals surface area contributed by atoms with Crippen LogP contribution in [0.3, 0.4) is 0 Å². The molecule has 0 radical (unpaired) electrons. The molecule has 3 aromatic carbocycles. The van der Waals surface area contributed by atoms with Gasteiger partial charge in [-0.2, -0.15) is 0 Å². The summed E-state index contributed by atoms with van der Waals surface area (Å²) in [4.78, 5) is 27.6. The first-order chi connectivity index (χ1) is 17.0. The average molecular weight is 486 g/mol. The normalized spacial score (nSPS) is 13.6. The first-order valence-corrected chi connectivity index (χ1v) is 11.7. The van der Waals surface area contributed by atoms with Crippen LogP contribution in [0.25, 0.3) is 33.1 Å². The maximum atomic E-state index is 12.8. The van der Waals surface area contributed by atoms with Crippen molar-refractivity contribution in [2.24, 2.45) is 0 Å². The van der Waals surface area contributed by atoms with Gasteiger partial charge in [-0.3, -0.25) is 4.90 Å². The van der Waals surface area contributed by atoms with Crippen LogP contribution in [-0.4, -0.2) is 18.2 Å². The largest absolute Gasteiger partial charge is 0.478 e. The van der Waals surface area contributed by atoms with Crippen molar-refractivity contribution in [2.75, 3.05) is 13.3 Å². The van der Waals surface area contributed by atoms with Crippen LogP contribution in [0.15, 0.2) is 91.2 Å². The molecule has 174 valence electrons. The van der Waals surface area contributed by atoms with Crippen molar-refractivity contribution < 1.29 is 13.6 Å². The van der Waals surface area contributed by atoms with E-state index < -0.39 is 11.3 Å². The molecule has 35 heavy (non-hydrogen) atoms. The molecule has 2 aromatic heterocycles. The molecule has 3 heterocycles. The third-order valence-electron chi connectivity index (χ3n) is 6.32. The number of nitrogens with zero attached hydrogens (tertiary/aromatic N) is 1. The summed E-state index contributed by atoms with van der Waals surface area (Å²) < 4.78 is 17.2.